The molecule has 0 aromatic heterocycles. The molecule has 17 heavy (non-hydrogen) atoms. The van der Waals surface area contributed by atoms with E-state index in [1.165, 1.54) is 37.7 Å². The summed E-state index contributed by atoms with van der Waals surface area (Å²) in [6.07, 6.45) is 9.84. The molecule has 1 aliphatic carbocycles. The summed E-state index contributed by atoms with van der Waals surface area (Å²) in [6.45, 7) is 6.45. The van der Waals surface area contributed by atoms with Gasteiger partial charge in [0, 0.05) is 13.2 Å². The van der Waals surface area contributed by atoms with E-state index >= 15 is 0 Å². The van der Waals surface area contributed by atoms with Crippen LogP contribution in [0.25, 0.3) is 0 Å². The molecule has 1 heterocycles. The second-order valence-electron chi connectivity index (χ2n) is 4.52. The minimum absolute atomic E-state index is 0.0490. The Morgan fingerprint density at radius 3 is 2.53 bits per heavy atom. The third kappa shape index (κ3) is 5.65. The van der Waals surface area contributed by atoms with E-state index in [-0.39, 0.29) is 15.3 Å². The number of ether oxygens (including phenoxy) is 1. The van der Waals surface area contributed by atoms with Gasteiger partial charge in [0.15, 0.2) is 0 Å². The van der Waals surface area contributed by atoms with Crippen molar-refractivity contribution in [2.45, 2.75) is 52.4 Å². The topological polar surface area (TPSA) is 9.23 Å². The predicted molar refractivity (Wildman–Crippen MR) is 70.8 cm³/mol. The number of hydrogen-bond donors (Lipinski definition) is 0. The minimum atomic E-state index is -0.0490. The number of rotatable bonds is 4. The molecule has 1 fully saturated rings. The molecule has 97 valence electrons. The van der Waals surface area contributed by atoms with Crippen LogP contribution in [0.5, 0.6) is 0 Å². The molecule has 2 rings (SSSR count). The Morgan fingerprint density at radius 2 is 2.06 bits per heavy atom. The van der Waals surface area contributed by atoms with E-state index < -0.39 is 0 Å². The fourth-order valence-electron chi connectivity index (χ4n) is 2.01. The van der Waals surface area contributed by atoms with Crippen molar-refractivity contribution in [3.8, 4) is 0 Å². The molecule has 3 heteroatoms. The molecule has 0 radical (unpaired) electrons. The summed E-state index contributed by atoms with van der Waals surface area (Å²) in [5.74, 6) is 0. The van der Waals surface area contributed by atoms with Crippen molar-refractivity contribution >= 4 is 9.85 Å². The van der Waals surface area contributed by atoms with Crippen LogP contribution in [0.1, 0.15) is 52.4 Å². The van der Waals surface area contributed by atoms with Gasteiger partial charge in [0.2, 0.25) is 0 Å². The van der Waals surface area contributed by atoms with Gasteiger partial charge in [-0.25, -0.2) is 0 Å². The zero-order valence-corrected chi connectivity index (χ0v) is 13.1. The van der Waals surface area contributed by atoms with Gasteiger partial charge >= 0.3 is 86.2 Å². The SMILES string of the molecule is C1CCOC1.CCCCC1=[C]([V][Cl])CC=C1C. The van der Waals surface area contributed by atoms with Crippen molar-refractivity contribution in [3.63, 3.8) is 0 Å². The zero-order chi connectivity index (χ0) is 12.5. The summed E-state index contributed by atoms with van der Waals surface area (Å²) in [5.41, 5.74) is 3.06. The van der Waals surface area contributed by atoms with Crippen molar-refractivity contribution in [1.29, 1.82) is 0 Å². The molecule has 0 aromatic rings. The van der Waals surface area contributed by atoms with Crippen LogP contribution >= 0.6 is 9.85 Å². The van der Waals surface area contributed by atoms with Gasteiger partial charge in [-0.15, -0.1) is 0 Å². The van der Waals surface area contributed by atoms with Crippen molar-refractivity contribution in [2.24, 2.45) is 0 Å². The van der Waals surface area contributed by atoms with Gasteiger partial charge in [-0.05, 0) is 12.8 Å². The Hall–Kier alpha value is 0.314. The molecule has 1 nitrogen and oxygen atoms in total. The fourth-order valence-corrected chi connectivity index (χ4v) is 3.58. The molecule has 2 aliphatic rings. The van der Waals surface area contributed by atoms with E-state index in [9.17, 15) is 0 Å². The van der Waals surface area contributed by atoms with Crippen molar-refractivity contribution in [3.05, 3.63) is 21.5 Å². The number of unbranched alkanes of at least 4 members (excludes halogenated alkanes) is 1. The number of allylic oxidation sites excluding steroid dienone is 4. The van der Waals surface area contributed by atoms with Crippen LogP contribution in [0.3, 0.4) is 0 Å². The third-order valence-electron chi connectivity index (χ3n) is 3.14. The Balaban J connectivity index is 0.000000239. The van der Waals surface area contributed by atoms with E-state index in [0.29, 0.717) is 0 Å². The number of hydrogen-bond acceptors (Lipinski definition) is 1. The van der Waals surface area contributed by atoms with Crippen LogP contribution < -0.4 is 0 Å². The van der Waals surface area contributed by atoms with E-state index in [1.54, 1.807) is 9.86 Å². The first kappa shape index (κ1) is 15.4. The second-order valence-corrected chi connectivity index (χ2v) is 6.33. The summed E-state index contributed by atoms with van der Waals surface area (Å²) in [6, 6.07) is 0. The van der Waals surface area contributed by atoms with Crippen molar-refractivity contribution < 1.29 is 20.1 Å². The van der Waals surface area contributed by atoms with E-state index in [4.69, 9.17) is 14.6 Å². The monoisotopic (exact) mass is 293 g/mol. The first-order chi connectivity index (χ1) is 8.29. The van der Waals surface area contributed by atoms with Crippen LogP contribution in [-0.4, -0.2) is 13.2 Å². The standard InChI is InChI=1S/C10H15.C4H8O.ClH.V/c1-3-4-7-10-8-5-6-9(10)2;1-2-4-5-3-1;;/h6H,3-5,7H2,1-2H3;1-4H2;1H;/q;;;+1/p-1. The molecule has 0 bridgehead atoms. The predicted octanol–water partition coefficient (Wildman–Crippen LogP) is 4.81. The molecular formula is C14H23ClOV. The van der Waals surface area contributed by atoms with Gasteiger partial charge in [-0.2, -0.15) is 0 Å². The van der Waals surface area contributed by atoms with Gasteiger partial charge in [0.1, 0.15) is 0 Å². The number of halogens is 1. The summed E-state index contributed by atoms with van der Waals surface area (Å²) in [5, 5.41) is 0. The molecular weight excluding hydrogens is 271 g/mol. The van der Waals surface area contributed by atoms with Gasteiger partial charge in [-0.1, -0.05) is 0 Å². The van der Waals surface area contributed by atoms with E-state index in [1.807, 2.05) is 0 Å². The summed E-state index contributed by atoms with van der Waals surface area (Å²) >= 11 is -0.0490. The molecule has 0 saturated carbocycles. The summed E-state index contributed by atoms with van der Waals surface area (Å²) in [4.78, 5) is 0. The molecule has 0 N–H and O–H groups in total. The van der Waals surface area contributed by atoms with Gasteiger partial charge in [-0.3, -0.25) is 0 Å². The molecule has 0 aromatic carbocycles. The molecule has 0 spiro atoms. The molecule has 1 saturated heterocycles. The van der Waals surface area contributed by atoms with Gasteiger partial charge in [0.05, 0.1) is 0 Å². The maximum atomic E-state index is 5.95. The molecule has 0 unspecified atom stereocenters. The molecule has 0 amide bonds. The summed E-state index contributed by atoms with van der Waals surface area (Å²) in [7, 11) is 5.95. The maximum absolute atomic E-state index is 5.95. The Kier molecular flexibility index (Phi) is 8.38. The fraction of sp³-hybridized carbons (Fsp3) is 0.714. The van der Waals surface area contributed by atoms with Crippen LogP contribution in [0.15, 0.2) is 21.5 Å². The molecule has 1 aliphatic heterocycles. The third-order valence-corrected chi connectivity index (χ3v) is 5.00. The Bertz CT molecular complexity index is 272. The first-order valence-corrected chi connectivity index (χ1v) is 9.20. The normalized spacial score (nSPS) is 18.9. The molecule has 0 atom stereocenters. The van der Waals surface area contributed by atoms with Crippen molar-refractivity contribution in [1.82, 2.24) is 0 Å². The van der Waals surface area contributed by atoms with Crippen LogP contribution in [-0.2, 0) is 20.1 Å². The Labute approximate surface area is 117 Å². The summed E-state index contributed by atoms with van der Waals surface area (Å²) < 4.78 is 6.49. The Morgan fingerprint density at radius 1 is 1.35 bits per heavy atom. The van der Waals surface area contributed by atoms with E-state index in [2.05, 4.69) is 19.9 Å². The van der Waals surface area contributed by atoms with Crippen LogP contribution in [0.2, 0.25) is 0 Å². The van der Waals surface area contributed by atoms with Crippen molar-refractivity contribution in [2.75, 3.05) is 13.2 Å². The van der Waals surface area contributed by atoms with Gasteiger partial charge < -0.3 is 4.74 Å². The van der Waals surface area contributed by atoms with Crippen LogP contribution in [0.4, 0.5) is 0 Å². The first-order valence-electron chi connectivity index (χ1n) is 6.58. The van der Waals surface area contributed by atoms with E-state index in [0.717, 1.165) is 19.6 Å². The quantitative estimate of drug-likeness (QED) is 0.722. The average Bonchev–Trinajstić information content (AvgIpc) is 2.99. The second kappa shape index (κ2) is 9.27. The average molecular weight is 294 g/mol. The van der Waals surface area contributed by atoms with Gasteiger partial charge in [0.25, 0.3) is 0 Å². The van der Waals surface area contributed by atoms with Crippen LogP contribution in [0, 0.1) is 0 Å². The zero-order valence-electron chi connectivity index (χ0n) is 11.0.